The molecule has 7 heteroatoms. The molecule has 2 rings (SSSR count). The average molecular weight is 291 g/mol. The summed E-state index contributed by atoms with van der Waals surface area (Å²) in [7, 11) is -3.66. The van der Waals surface area contributed by atoms with Gasteiger partial charge in [-0.3, -0.25) is 0 Å². The Morgan fingerprint density at radius 2 is 2.28 bits per heavy atom. The molecule has 0 saturated heterocycles. The van der Waals surface area contributed by atoms with Gasteiger partial charge in [-0.2, -0.15) is 0 Å². The predicted molar refractivity (Wildman–Crippen MR) is 67.8 cm³/mol. The van der Waals surface area contributed by atoms with Gasteiger partial charge in [0.15, 0.2) is 0 Å². The molecule has 5 nitrogen and oxygen atoms in total. The summed E-state index contributed by atoms with van der Waals surface area (Å²) >= 11 is 5.75. The van der Waals surface area contributed by atoms with Gasteiger partial charge in [-0.1, -0.05) is 18.0 Å². The summed E-state index contributed by atoms with van der Waals surface area (Å²) in [6.07, 6.45) is 3.52. The highest BCUT2D eigenvalue weighted by atomic mass is 35.5. The minimum atomic E-state index is -3.66. The number of sulfonamides is 1. The van der Waals surface area contributed by atoms with E-state index in [1.54, 1.807) is 0 Å². The molecule has 0 aromatic carbocycles. The second-order valence-corrected chi connectivity index (χ2v) is 6.50. The molecule has 2 N–H and O–H groups in total. The Kier molecular flexibility index (Phi) is 4.21. The van der Waals surface area contributed by atoms with Crippen LogP contribution in [0.4, 0.5) is 0 Å². The zero-order valence-electron chi connectivity index (χ0n) is 9.71. The second-order valence-electron chi connectivity index (χ2n) is 4.40. The molecule has 1 heterocycles. The van der Waals surface area contributed by atoms with Crippen molar-refractivity contribution in [1.82, 2.24) is 9.71 Å². The fraction of sp³-hybridized carbons (Fsp3) is 0.545. The highest BCUT2D eigenvalue weighted by Crippen LogP contribution is 2.25. The molecule has 0 amide bonds. The van der Waals surface area contributed by atoms with Crippen molar-refractivity contribution in [3.05, 3.63) is 23.5 Å². The molecule has 2 atom stereocenters. The molecule has 1 saturated carbocycles. The fourth-order valence-electron chi connectivity index (χ4n) is 2.12. The number of nitrogens with zero attached hydrogens (tertiary/aromatic N) is 1. The van der Waals surface area contributed by atoms with E-state index in [0.29, 0.717) is 0 Å². The van der Waals surface area contributed by atoms with Crippen LogP contribution in [0, 0.1) is 5.92 Å². The molecule has 0 bridgehead atoms. The van der Waals surface area contributed by atoms with Gasteiger partial charge in [0.2, 0.25) is 10.0 Å². The van der Waals surface area contributed by atoms with Crippen molar-refractivity contribution in [3.8, 4) is 0 Å². The van der Waals surface area contributed by atoms with Gasteiger partial charge in [-0.15, -0.1) is 0 Å². The first-order valence-electron chi connectivity index (χ1n) is 5.79. The number of pyridine rings is 1. The smallest absolute Gasteiger partial charge is 0.243 e. The maximum atomic E-state index is 12.0. The normalized spacial score (nSPS) is 24.3. The first-order valence-corrected chi connectivity index (χ1v) is 7.65. The third-order valence-electron chi connectivity index (χ3n) is 3.17. The molecular formula is C11H15ClN2O3S. The van der Waals surface area contributed by atoms with Crippen molar-refractivity contribution in [3.63, 3.8) is 0 Å². The third-order valence-corrected chi connectivity index (χ3v) is 5.04. The monoisotopic (exact) mass is 290 g/mol. The second kappa shape index (κ2) is 5.52. The highest BCUT2D eigenvalue weighted by Gasteiger charge is 2.27. The van der Waals surface area contributed by atoms with Crippen molar-refractivity contribution in [2.45, 2.75) is 30.3 Å². The lowest BCUT2D eigenvalue weighted by Crippen LogP contribution is -2.32. The highest BCUT2D eigenvalue weighted by molar-refractivity contribution is 7.89. The van der Waals surface area contributed by atoms with Crippen LogP contribution >= 0.6 is 11.6 Å². The van der Waals surface area contributed by atoms with Crippen LogP contribution < -0.4 is 4.72 Å². The molecule has 0 aliphatic heterocycles. The number of hydrogen-bond donors (Lipinski definition) is 2. The Labute approximate surface area is 111 Å². The fourth-order valence-corrected chi connectivity index (χ4v) is 3.67. The van der Waals surface area contributed by atoms with Crippen molar-refractivity contribution in [1.29, 1.82) is 0 Å². The lowest BCUT2D eigenvalue weighted by Gasteiger charge is -2.15. The van der Waals surface area contributed by atoms with Gasteiger partial charge in [-0.25, -0.2) is 18.1 Å². The number of aliphatic hydroxyl groups excluding tert-OH is 1. The molecule has 18 heavy (non-hydrogen) atoms. The molecule has 0 spiro atoms. The Bertz CT molecular complexity index is 521. The predicted octanol–water partition coefficient (Wildman–Crippen LogP) is 1.17. The lowest BCUT2D eigenvalue weighted by atomic mass is 10.1. The largest absolute Gasteiger partial charge is 0.393 e. The summed E-state index contributed by atoms with van der Waals surface area (Å²) in [4.78, 5) is 3.71. The molecule has 1 aromatic heterocycles. The summed E-state index contributed by atoms with van der Waals surface area (Å²) in [6, 6.07) is 2.92. The molecular weight excluding hydrogens is 276 g/mol. The number of aliphatic hydroxyl groups is 1. The first-order chi connectivity index (χ1) is 8.50. The van der Waals surface area contributed by atoms with E-state index in [1.807, 2.05) is 0 Å². The van der Waals surface area contributed by atoms with Crippen LogP contribution in [0.15, 0.2) is 23.2 Å². The van der Waals surface area contributed by atoms with Gasteiger partial charge < -0.3 is 5.11 Å². The van der Waals surface area contributed by atoms with Crippen molar-refractivity contribution in [2.75, 3.05) is 6.54 Å². The van der Waals surface area contributed by atoms with Crippen LogP contribution in [-0.4, -0.2) is 31.2 Å². The Hall–Kier alpha value is -0.690. The molecule has 2 unspecified atom stereocenters. The zero-order chi connectivity index (χ0) is 13.2. The van der Waals surface area contributed by atoms with E-state index in [0.717, 1.165) is 19.3 Å². The summed E-state index contributed by atoms with van der Waals surface area (Å²) in [5.41, 5.74) is 0. The van der Waals surface area contributed by atoms with E-state index in [2.05, 4.69) is 9.71 Å². The zero-order valence-corrected chi connectivity index (χ0v) is 11.3. The van der Waals surface area contributed by atoms with Crippen LogP contribution in [0.5, 0.6) is 0 Å². The van der Waals surface area contributed by atoms with Crippen LogP contribution in [-0.2, 0) is 10.0 Å². The van der Waals surface area contributed by atoms with Gasteiger partial charge in [0.25, 0.3) is 0 Å². The van der Waals surface area contributed by atoms with Crippen molar-refractivity contribution in [2.24, 2.45) is 5.92 Å². The summed E-state index contributed by atoms with van der Waals surface area (Å²) < 4.78 is 26.5. The summed E-state index contributed by atoms with van der Waals surface area (Å²) in [5, 5.41) is 9.59. The molecule has 0 radical (unpaired) electrons. The minimum absolute atomic E-state index is 0.0183. The molecule has 1 aromatic rings. The number of hydrogen-bond acceptors (Lipinski definition) is 4. The number of aromatic nitrogens is 1. The first kappa shape index (κ1) is 13.7. The SMILES string of the molecule is O=S(=O)(NCC1CCCC1O)c1cccnc1Cl. The van der Waals surface area contributed by atoms with E-state index in [9.17, 15) is 13.5 Å². The van der Waals surface area contributed by atoms with Crippen LogP contribution in [0.2, 0.25) is 5.15 Å². The third kappa shape index (κ3) is 3.00. The Morgan fingerprint density at radius 1 is 1.50 bits per heavy atom. The molecule has 100 valence electrons. The minimum Gasteiger partial charge on any atom is -0.393 e. The maximum Gasteiger partial charge on any atom is 0.243 e. The van der Waals surface area contributed by atoms with E-state index in [1.165, 1.54) is 18.3 Å². The Morgan fingerprint density at radius 3 is 2.89 bits per heavy atom. The van der Waals surface area contributed by atoms with Gasteiger partial charge in [0.05, 0.1) is 6.10 Å². The molecule has 1 aliphatic rings. The maximum absolute atomic E-state index is 12.0. The van der Waals surface area contributed by atoms with E-state index in [-0.39, 0.29) is 22.5 Å². The van der Waals surface area contributed by atoms with Crippen molar-refractivity contribution >= 4 is 21.6 Å². The summed E-state index contributed by atoms with van der Waals surface area (Å²) in [6.45, 7) is 0.231. The van der Waals surface area contributed by atoms with Crippen LogP contribution in [0.25, 0.3) is 0 Å². The van der Waals surface area contributed by atoms with Gasteiger partial charge >= 0.3 is 0 Å². The van der Waals surface area contributed by atoms with Crippen LogP contribution in [0.3, 0.4) is 0 Å². The average Bonchev–Trinajstić information content (AvgIpc) is 2.73. The van der Waals surface area contributed by atoms with Gasteiger partial charge in [0, 0.05) is 12.7 Å². The standard InChI is InChI=1S/C11H15ClN2O3S/c12-11-10(5-2-6-13-11)18(16,17)14-7-8-3-1-4-9(8)15/h2,5-6,8-9,14-15H,1,3-4,7H2. The number of rotatable bonds is 4. The molecule has 1 fully saturated rings. The lowest BCUT2D eigenvalue weighted by molar-refractivity contribution is 0.134. The number of nitrogens with one attached hydrogen (secondary N) is 1. The van der Waals surface area contributed by atoms with E-state index in [4.69, 9.17) is 11.6 Å². The van der Waals surface area contributed by atoms with Crippen molar-refractivity contribution < 1.29 is 13.5 Å². The van der Waals surface area contributed by atoms with E-state index < -0.39 is 16.1 Å². The van der Waals surface area contributed by atoms with E-state index >= 15 is 0 Å². The van der Waals surface area contributed by atoms with Crippen LogP contribution in [0.1, 0.15) is 19.3 Å². The quantitative estimate of drug-likeness (QED) is 0.816. The summed E-state index contributed by atoms with van der Waals surface area (Å²) in [5.74, 6) is -0.0183. The number of halogens is 1. The van der Waals surface area contributed by atoms with Gasteiger partial charge in [-0.05, 0) is 30.9 Å². The molecule has 1 aliphatic carbocycles. The van der Waals surface area contributed by atoms with Gasteiger partial charge in [0.1, 0.15) is 10.0 Å². The topological polar surface area (TPSA) is 79.3 Å². The Balaban J connectivity index is 2.06.